The van der Waals surface area contributed by atoms with Crippen molar-refractivity contribution >= 4 is 11.8 Å². The van der Waals surface area contributed by atoms with Crippen molar-refractivity contribution in [3.63, 3.8) is 0 Å². The van der Waals surface area contributed by atoms with Crippen molar-refractivity contribution in [3.8, 4) is 0 Å². The van der Waals surface area contributed by atoms with Gasteiger partial charge in [-0.2, -0.15) is 0 Å². The van der Waals surface area contributed by atoms with Gasteiger partial charge < -0.3 is 4.74 Å². The molecule has 2 aliphatic rings. The highest BCUT2D eigenvalue weighted by Gasteiger charge is 2.37. The van der Waals surface area contributed by atoms with Gasteiger partial charge in [-0.3, -0.25) is 4.79 Å². The second-order valence-corrected chi connectivity index (χ2v) is 3.11. The third kappa shape index (κ3) is 1.13. The Labute approximate surface area is 75.4 Å². The van der Waals surface area contributed by atoms with Crippen molar-refractivity contribution in [1.29, 1.82) is 0 Å². The molecule has 1 spiro atoms. The lowest BCUT2D eigenvalue weighted by atomic mass is 9.91. The molecule has 0 aromatic heterocycles. The second-order valence-electron chi connectivity index (χ2n) is 3.11. The molecule has 13 heavy (non-hydrogen) atoms. The topological polar surface area (TPSA) is 43.4 Å². The van der Waals surface area contributed by atoms with Crippen LogP contribution >= 0.6 is 0 Å². The van der Waals surface area contributed by atoms with Crippen molar-refractivity contribution in [2.75, 3.05) is 0 Å². The summed E-state index contributed by atoms with van der Waals surface area (Å²) in [4.78, 5) is 21.8. The molecule has 0 aromatic carbocycles. The van der Waals surface area contributed by atoms with Crippen molar-refractivity contribution in [3.05, 3.63) is 36.0 Å². The molecule has 0 aromatic rings. The minimum atomic E-state index is -0.787. The van der Waals surface area contributed by atoms with E-state index in [1.807, 2.05) is 0 Å². The maximum absolute atomic E-state index is 11.0. The predicted molar refractivity (Wildman–Crippen MR) is 45.9 cm³/mol. The molecule has 1 aliphatic carbocycles. The molecular weight excluding hydrogens is 168 g/mol. The van der Waals surface area contributed by atoms with Gasteiger partial charge in [-0.15, -0.1) is 0 Å². The summed E-state index contributed by atoms with van der Waals surface area (Å²) in [5.41, 5.74) is 0.0165. The van der Waals surface area contributed by atoms with E-state index in [0.29, 0.717) is 0 Å². The average molecular weight is 176 g/mol. The quantitative estimate of drug-likeness (QED) is 0.515. The van der Waals surface area contributed by atoms with Crippen LogP contribution in [-0.2, 0) is 14.3 Å². The molecular formula is C10H8O3. The van der Waals surface area contributed by atoms with Crippen LogP contribution in [0.25, 0.3) is 0 Å². The molecule has 0 fully saturated rings. The first-order valence-corrected chi connectivity index (χ1v) is 3.97. The molecule has 0 N–H and O–H groups in total. The summed E-state index contributed by atoms with van der Waals surface area (Å²) < 4.78 is 5.09. The lowest BCUT2D eigenvalue weighted by Gasteiger charge is -2.23. The highest BCUT2D eigenvalue weighted by atomic mass is 16.6. The molecule has 0 radical (unpaired) electrons. The largest absolute Gasteiger partial charge is 0.443 e. The first-order chi connectivity index (χ1) is 6.12. The Morgan fingerprint density at radius 3 is 2.31 bits per heavy atom. The van der Waals surface area contributed by atoms with Gasteiger partial charge in [0.2, 0.25) is 0 Å². The van der Waals surface area contributed by atoms with Crippen LogP contribution in [0, 0.1) is 0 Å². The zero-order valence-corrected chi connectivity index (χ0v) is 7.11. The third-order valence-corrected chi connectivity index (χ3v) is 2.21. The minimum Gasteiger partial charge on any atom is -0.443 e. The number of carbonyl (C=O) groups excluding carboxylic acids is 2. The number of carbonyl (C=O) groups is 2. The monoisotopic (exact) mass is 176 g/mol. The molecule has 1 heterocycles. The van der Waals surface area contributed by atoms with E-state index >= 15 is 0 Å². The fraction of sp³-hybridized carbons (Fsp3) is 0.200. The van der Waals surface area contributed by atoms with Crippen molar-refractivity contribution < 1.29 is 14.3 Å². The number of hydrogen-bond acceptors (Lipinski definition) is 3. The molecule has 66 valence electrons. The number of hydrogen-bond donors (Lipinski definition) is 0. The maximum Gasteiger partial charge on any atom is 0.332 e. The Morgan fingerprint density at radius 2 is 1.85 bits per heavy atom. The van der Waals surface area contributed by atoms with Crippen LogP contribution < -0.4 is 0 Å². The lowest BCUT2D eigenvalue weighted by Crippen LogP contribution is -2.28. The number of esters is 1. The van der Waals surface area contributed by atoms with E-state index in [1.54, 1.807) is 19.1 Å². The van der Waals surface area contributed by atoms with E-state index in [1.165, 1.54) is 18.2 Å². The Bertz CT molecular complexity index is 356. The highest BCUT2D eigenvalue weighted by molar-refractivity contribution is 6.01. The van der Waals surface area contributed by atoms with Gasteiger partial charge in [0.05, 0.1) is 0 Å². The number of ether oxygens (including phenoxy) is 1. The first-order valence-electron chi connectivity index (χ1n) is 3.97. The van der Waals surface area contributed by atoms with Gasteiger partial charge in [-0.1, -0.05) is 0 Å². The minimum absolute atomic E-state index is 0.0821. The second kappa shape index (κ2) is 2.42. The zero-order chi connectivity index (χ0) is 9.47. The summed E-state index contributed by atoms with van der Waals surface area (Å²) in [6.45, 7) is 1.80. The van der Waals surface area contributed by atoms with Crippen molar-refractivity contribution in [2.45, 2.75) is 12.5 Å². The number of rotatable bonds is 0. The van der Waals surface area contributed by atoms with Crippen LogP contribution in [0.1, 0.15) is 6.92 Å². The van der Waals surface area contributed by atoms with E-state index in [0.717, 1.165) is 5.57 Å². The molecule has 0 amide bonds. The van der Waals surface area contributed by atoms with Gasteiger partial charge in [0.15, 0.2) is 11.4 Å². The molecule has 2 rings (SSSR count). The highest BCUT2D eigenvalue weighted by Crippen LogP contribution is 2.32. The smallest absolute Gasteiger partial charge is 0.332 e. The standard InChI is InChI=1S/C10H8O3/c1-7-6-9(12)13-10(7)4-2-8(11)3-5-10/h2-6H,1H3. The van der Waals surface area contributed by atoms with Gasteiger partial charge in [0.1, 0.15) is 0 Å². The van der Waals surface area contributed by atoms with E-state index in [4.69, 9.17) is 4.74 Å². The summed E-state index contributed by atoms with van der Waals surface area (Å²) in [5, 5.41) is 0. The van der Waals surface area contributed by atoms with Gasteiger partial charge in [-0.05, 0) is 36.8 Å². The van der Waals surface area contributed by atoms with E-state index in [-0.39, 0.29) is 11.8 Å². The Balaban J connectivity index is 2.40. The number of ketones is 1. The van der Waals surface area contributed by atoms with Gasteiger partial charge in [0, 0.05) is 6.08 Å². The Morgan fingerprint density at radius 1 is 1.23 bits per heavy atom. The first kappa shape index (κ1) is 7.98. The molecule has 0 unspecified atom stereocenters. The molecule has 3 nitrogen and oxygen atoms in total. The summed E-state index contributed by atoms with van der Waals surface area (Å²) in [6.07, 6.45) is 7.47. The lowest BCUT2D eigenvalue weighted by molar-refractivity contribution is -0.140. The molecule has 3 heteroatoms. The SMILES string of the molecule is CC1=CC(=O)OC12C=CC(=O)C=C2. The molecule has 0 atom stereocenters. The van der Waals surface area contributed by atoms with E-state index in [2.05, 4.69) is 0 Å². The van der Waals surface area contributed by atoms with E-state index in [9.17, 15) is 9.59 Å². The molecule has 0 saturated heterocycles. The summed E-state index contributed by atoms with van der Waals surface area (Å²) in [6, 6.07) is 0. The van der Waals surface area contributed by atoms with Gasteiger partial charge in [-0.25, -0.2) is 4.79 Å². The van der Waals surface area contributed by atoms with Crippen LogP contribution in [0.3, 0.4) is 0 Å². The van der Waals surface area contributed by atoms with Crippen LogP contribution in [0.5, 0.6) is 0 Å². The fourth-order valence-corrected chi connectivity index (χ4v) is 1.42. The fourth-order valence-electron chi connectivity index (χ4n) is 1.42. The van der Waals surface area contributed by atoms with Crippen LogP contribution in [-0.4, -0.2) is 17.4 Å². The zero-order valence-electron chi connectivity index (χ0n) is 7.11. The van der Waals surface area contributed by atoms with Gasteiger partial charge in [0.25, 0.3) is 0 Å². The maximum atomic E-state index is 11.0. The van der Waals surface area contributed by atoms with Crippen LogP contribution in [0.4, 0.5) is 0 Å². The van der Waals surface area contributed by atoms with Crippen molar-refractivity contribution in [1.82, 2.24) is 0 Å². The predicted octanol–water partition coefficient (Wildman–Crippen LogP) is 0.923. The molecule has 1 aliphatic heterocycles. The van der Waals surface area contributed by atoms with Gasteiger partial charge >= 0.3 is 5.97 Å². The normalized spacial score (nSPS) is 23.6. The number of allylic oxidation sites excluding steroid dienone is 2. The summed E-state index contributed by atoms with van der Waals surface area (Å²) >= 11 is 0. The average Bonchev–Trinajstić information content (AvgIpc) is 2.34. The van der Waals surface area contributed by atoms with Crippen LogP contribution in [0.2, 0.25) is 0 Å². The Hall–Kier alpha value is -1.64. The van der Waals surface area contributed by atoms with Crippen LogP contribution in [0.15, 0.2) is 36.0 Å². The summed E-state index contributed by atoms with van der Waals surface area (Å²) in [7, 11) is 0. The van der Waals surface area contributed by atoms with Crippen molar-refractivity contribution in [2.24, 2.45) is 0 Å². The molecule has 0 bridgehead atoms. The summed E-state index contributed by atoms with van der Waals surface area (Å²) in [5.74, 6) is -0.442. The Kier molecular flexibility index (Phi) is 1.49. The molecule has 0 saturated carbocycles. The third-order valence-electron chi connectivity index (χ3n) is 2.21. The van der Waals surface area contributed by atoms with E-state index < -0.39 is 5.60 Å².